The molecule has 1 N–H and O–H groups in total. The summed E-state index contributed by atoms with van der Waals surface area (Å²) < 4.78 is 52.9. The van der Waals surface area contributed by atoms with Crippen LogP contribution in [0.2, 0.25) is 0 Å². The van der Waals surface area contributed by atoms with Crippen LogP contribution in [-0.4, -0.2) is 29.9 Å². The fraction of sp³-hybridized carbons (Fsp3) is 0.471. The minimum Gasteiger partial charge on any atom is -0.350 e. The Labute approximate surface area is 138 Å². The predicted octanol–water partition coefficient (Wildman–Crippen LogP) is 3.50. The molecule has 0 fully saturated rings. The number of hydrogen-bond donors (Lipinski definition) is 1. The van der Waals surface area contributed by atoms with Gasteiger partial charge in [0.15, 0.2) is 0 Å². The standard InChI is InChI=1S/C17H20F4N2O/c1-11(22-12(2)24)13-6-4-8-23(9-13)10-14-5-3-7-15(18)16(14)17(19,20)21/h3,5-7,11H,4,8-10H2,1-2H3,(H,22,24). The highest BCUT2D eigenvalue weighted by atomic mass is 19.4. The third-order valence-electron chi connectivity index (χ3n) is 4.01. The summed E-state index contributed by atoms with van der Waals surface area (Å²) in [5.74, 6) is -1.41. The summed E-state index contributed by atoms with van der Waals surface area (Å²) in [6, 6.07) is 3.24. The van der Waals surface area contributed by atoms with Crippen LogP contribution in [0.5, 0.6) is 0 Å². The van der Waals surface area contributed by atoms with Gasteiger partial charge in [-0.05, 0) is 30.5 Å². The predicted molar refractivity (Wildman–Crippen MR) is 82.7 cm³/mol. The van der Waals surface area contributed by atoms with Gasteiger partial charge in [-0.3, -0.25) is 9.69 Å². The van der Waals surface area contributed by atoms with Crippen LogP contribution >= 0.6 is 0 Å². The second-order valence-electron chi connectivity index (χ2n) is 5.97. The molecule has 0 saturated heterocycles. The summed E-state index contributed by atoms with van der Waals surface area (Å²) in [7, 11) is 0. The number of carbonyl (C=O) groups excluding carboxylic acids is 1. The first-order valence-corrected chi connectivity index (χ1v) is 7.71. The van der Waals surface area contributed by atoms with Crippen LogP contribution in [0.15, 0.2) is 29.8 Å². The van der Waals surface area contributed by atoms with Crippen molar-refractivity contribution in [3.05, 3.63) is 46.8 Å². The minimum absolute atomic E-state index is 0.0106. The Balaban J connectivity index is 2.14. The number of carbonyl (C=O) groups is 1. The summed E-state index contributed by atoms with van der Waals surface area (Å²) in [4.78, 5) is 13.0. The molecule has 3 nitrogen and oxygen atoms in total. The molecule has 1 aromatic rings. The maximum absolute atomic E-state index is 13.7. The number of benzene rings is 1. The molecular formula is C17H20F4N2O. The van der Waals surface area contributed by atoms with Crippen molar-refractivity contribution in [1.29, 1.82) is 0 Å². The van der Waals surface area contributed by atoms with Crippen molar-refractivity contribution in [3.63, 3.8) is 0 Å². The Morgan fingerprint density at radius 2 is 2.08 bits per heavy atom. The van der Waals surface area contributed by atoms with Gasteiger partial charge >= 0.3 is 6.18 Å². The molecule has 0 aromatic heterocycles. The number of rotatable bonds is 4. The molecule has 1 aromatic carbocycles. The SMILES string of the molecule is CC(=O)NC(C)C1=CCCN(Cc2cccc(F)c2C(F)(F)F)C1. The molecule has 1 heterocycles. The number of amides is 1. The van der Waals surface area contributed by atoms with Crippen LogP contribution in [-0.2, 0) is 17.5 Å². The Morgan fingerprint density at radius 3 is 2.71 bits per heavy atom. The number of halogens is 4. The molecule has 1 unspecified atom stereocenters. The average molecular weight is 344 g/mol. The van der Waals surface area contributed by atoms with Crippen LogP contribution < -0.4 is 5.32 Å². The van der Waals surface area contributed by atoms with E-state index in [0.29, 0.717) is 19.5 Å². The lowest BCUT2D eigenvalue weighted by Gasteiger charge is -2.31. The minimum atomic E-state index is -4.72. The van der Waals surface area contributed by atoms with E-state index < -0.39 is 17.6 Å². The highest BCUT2D eigenvalue weighted by Gasteiger charge is 2.37. The molecule has 0 saturated carbocycles. The second-order valence-corrected chi connectivity index (χ2v) is 5.97. The van der Waals surface area contributed by atoms with E-state index in [0.717, 1.165) is 11.6 Å². The molecule has 1 aliphatic heterocycles. The first-order valence-electron chi connectivity index (χ1n) is 7.71. The molecule has 0 bridgehead atoms. The summed E-state index contributed by atoms with van der Waals surface area (Å²) in [5.41, 5.74) is -0.326. The molecule has 0 spiro atoms. The van der Waals surface area contributed by atoms with Crippen molar-refractivity contribution in [2.24, 2.45) is 0 Å². The van der Waals surface area contributed by atoms with Crippen molar-refractivity contribution in [2.45, 2.75) is 39.0 Å². The van der Waals surface area contributed by atoms with Crippen molar-refractivity contribution in [3.8, 4) is 0 Å². The normalized spacial score (nSPS) is 17.3. The van der Waals surface area contributed by atoms with Crippen molar-refractivity contribution in [2.75, 3.05) is 13.1 Å². The Kier molecular flexibility index (Phi) is 5.64. The highest BCUT2D eigenvalue weighted by molar-refractivity contribution is 5.73. The Hall–Kier alpha value is -1.89. The van der Waals surface area contributed by atoms with Crippen LogP contribution in [0.1, 0.15) is 31.4 Å². The molecule has 7 heteroatoms. The first kappa shape index (κ1) is 18.4. The van der Waals surface area contributed by atoms with Crippen LogP contribution in [0.3, 0.4) is 0 Å². The van der Waals surface area contributed by atoms with Crippen LogP contribution in [0.4, 0.5) is 17.6 Å². The van der Waals surface area contributed by atoms with Gasteiger partial charge in [-0.15, -0.1) is 0 Å². The van der Waals surface area contributed by atoms with Gasteiger partial charge < -0.3 is 5.32 Å². The molecule has 1 atom stereocenters. The quantitative estimate of drug-likeness (QED) is 0.670. The maximum Gasteiger partial charge on any atom is 0.419 e. The van der Waals surface area contributed by atoms with Gasteiger partial charge in [-0.1, -0.05) is 18.2 Å². The average Bonchev–Trinajstić information content (AvgIpc) is 2.45. The van der Waals surface area contributed by atoms with Gasteiger partial charge in [0, 0.05) is 32.6 Å². The fourth-order valence-electron chi connectivity index (χ4n) is 2.94. The molecular weight excluding hydrogens is 324 g/mol. The molecule has 1 aliphatic rings. The van der Waals surface area contributed by atoms with E-state index in [1.807, 2.05) is 17.9 Å². The topological polar surface area (TPSA) is 32.3 Å². The molecule has 2 rings (SSSR count). The van der Waals surface area contributed by atoms with Crippen molar-refractivity contribution >= 4 is 5.91 Å². The molecule has 132 valence electrons. The zero-order chi connectivity index (χ0) is 17.9. The van der Waals surface area contributed by atoms with Gasteiger partial charge in [0.1, 0.15) is 5.82 Å². The largest absolute Gasteiger partial charge is 0.419 e. The number of nitrogens with zero attached hydrogens (tertiary/aromatic N) is 1. The number of hydrogen-bond acceptors (Lipinski definition) is 2. The van der Waals surface area contributed by atoms with E-state index in [-0.39, 0.29) is 24.1 Å². The molecule has 0 radical (unpaired) electrons. The molecule has 0 aliphatic carbocycles. The monoisotopic (exact) mass is 344 g/mol. The summed E-state index contributed by atoms with van der Waals surface area (Å²) in [6.07, 6.45) is -2.05. The maximum atomic E-state index is 13.7. The van der Waals surface area contributed by atoms with Gasteiger partial charge in [0.25, 0.3) is 0 Å². The smallest absolute Gasteiger partial charge is 0.350 e. The first-order chi connectivity index (χ1) is 11.2. The molecule has 24 heavy (non-hydrogen) atoms. The van der Waals surface area contributed by atoms with Gasteiger partial charge in [-0.25, -0.2) is 4.39 Å². The Bertz CT molecular complexity index is 640. The second kappa shape index (κ2) is 7.34. The van der Waals surface area contributed by atoms with E-state index >= 15 is 0 Å². The van der Waals surface area contributed by atoms with Crippen LogP contribution in [0, 0.1) is 5.82 Å². The van der Waals surface area contributed by atoms with Crippen molar-refractivity contribution in [1.82, 2.24) is 10.2 Å². The fourth-order valence-corrected chi connectivity index (χ4v) is 2.94. The Morgan fingerprint density at radius 1 is 1.38 bits per heavy atom. The summed E-state index contributed by atoms with van der Waals surface area (Å²) in [6.45, 7) is 4.29. The third kappa shape index (κ3) is 4.56. The lowest BCUT2D eigenvalue weighted by molar-refractivity contribution is -0.140. The van der Waals surface area contributed by atoms with Crippen LogP contribution in [0.25, 0.3) is 0 Å². The van der Waals surface area contributed by atoms with Gasteiger partial charge in [0.2, 0.25) is 5.91 Å². The number of alkyl halides is 3. The van der Waals surface area contributed by atoms with E-state index in [2.05, 4.69) is 5.32 Å². The third-order valence-corrected chi connectivity index (χ3v) is 4.01. The summed E-state index contributed by atoms with van der Waals surface area (Å²) in [5, 5.41) is 2.77. The van der Waals surface area contributed by atoms with Gasteiger partial charge in [0.05, 0.1) is 5.56 Å². The molecule has 1 amide bonds. The zero-order valence-corrected chi connectivity index (χ0v) is 13.6. The van der Waals surface area contributed by atoms with E-state index in [9.17, 15) is 22.4 Å². The van der Waals surface area contributed by atoms with Gasteiger partial charge in [-0.2, -0.15) is 13.2 Å². The van der Waals surface area contributed by atoms with Crippen molar-refractivity contribution < 1.29 is 22.4 Å². The lowest BCUT2D eigenvalue weighted by Crippen LogP contribution is -2.39. The number of nitrogens with one attached hydrogen (secondary N) is 1. The summed E-state index contributed by atoms with van der Waals surface area (Å²) >= 11 is 0. The van der Waals surface area contributed by atoms with E-state index in [1.54, 1.807) is 0 Å². The highest BCUT2D eigenvalue weighted by Crippen LogP contribution is 2.34. The van der Waals surface area contributed by atoms with E-state index in [4.69, 9.17) is 0 Å². The zero-order valence-electron chi connectivity index (χ0n) is 13.6. The van der Waals surface area contributed by atoms with E-state index in [1.165, 1.54) is 19.1 Å². The lowest BCUT2D eigenvalue weighted by atomic mass is 10.0.